The van der Waals surface area contributed by atoms with Crippen LogP contribution < -0.4 is 0 Å². The number of rotatable bonds is 1. The van der Waals surface area contributed by atoms with Gasteiger partial charge in [-0.25, -0.2) is 0 Å². The topological polar surface area (TPSA) is 38.9 Å². The number of aromatic nitrogens is 2. The molecule has 0 saturated heterocycles. The van der Waals surface area contributed by atoms with Crippen LogP contribution in [0.25, 0.3) is 0 Å². The number of hydrogen-bond donors (Lipinski definition) is 0. The van der Waals surface area contributed by atoms with E-state index in [4.69, 9.17) is 4.52 Å². The molecule has 0 aromatic carbocycles. The first-order valence-electron chi connectivity index (χ1n) is 4.31. The number of nitrogens with zero attached hydrogens (tertiary/aromatic N) is 2. The van der Waals surface area contributed by atoms with Crippen LogP contribution in [-0.2, 0) is 0 Å². The summed E-state index contributed by atoms with van der Waals surface area (Å²) in [6.07, 6.45) is 7.71. The zero-order valence-electron chi connectivity index (χ0n) is 7.16. The van der Waals surface area contributed by atoms with Crippen molar-refractivity contribution in [1.82, 2.24) is 10.1 Å². The van der Waals surface area contributed by atoms with Crippen molar-refractivity contribution in [3.63, 3.8) is 0 Å². The maximum absolute atomic E-state index is 5.11. The third-order valence-electron chi connectivity index (χ3n) is 2.16. The average molecular weight is 164 g/mol. The third-order valence-corrected chi connectivity index (χ3v) is 2.16. The summed E-state index contributed by atoms with van der Waals surface area (Å²) < 4.78 is 5.11. The minimum absolute atomic E-state index is 0.455. The highest BCUT2D eigenvalue weighted by Gasteiger charge is 2.17. The van der Waals surface area contributed by atoms with Crippen LogP contribution in [0.2, 0.25) is 0 Å². The fraction of sp³-hybridized carbons (Fsp3) is 0.556. The second kappa shape index (κ2) is 3.09. The predicted molar refractivity (Wildman–Crippen MR) is 44.8 cm³/mol. The van der Waals surface area contributed by atoms with Crippen molar-refractivity contribution in [2.45, 2.75) is 32.1 Å². The molecule has 3 nitrogen and oxygen atoms in total. The van der Waals surface area contributed by atoms with Crippen molar-refractivity contribution >= 4 is 0 Å². The summed E-state index contributed by atoms with van der Waals surface area (Å²) in [5, 5.41) is 3.78. The Kier molecular flexibility index (Phi) is 1.94. The summed E-state index contributed by atoms with van der Waals surface area (Å²) >= 11 is 0. The number of allylic oxidation sites excluding steroid dienone is 2. The van der Waals surface area contributed by atoms with Crippen LogP contribution in [0.4, 0.5) is 0 Å². The summed E-state index contributed by atoms with van der Waals surface area (Å²) in [7, 11) is 0. The minimum atomic E-state index is 0.455. The van der Waals surface area contributed by atoms with Gasteiger partial charge in [0.1, 0.15) is 0 Å². The monoisotopic (exact) mass is 164 g/mol. The number of hydrogen-bond acceptors (Lipinski definition) is 3. The molecule has 12 heavy (non-hydrogen) atoms. The lowest BCUT2D eigenvalue weighted by Crippen LogP contribution is -2.00. The van der Waals surface area contributed by atoms with Crippen LogP contribution in [0.3, 0.4) is 0 Å². The molecule has 1 heterocycles. The van der Waals surface area contributed by atoms with Crippen molar-refractivity contribution in [2.75, 3.05) is 0 Å². The van der Waals surface area contributed by atoms with Gasteiger partial charge in [-0.1, -0.05) is 17.3 Å². The molecule has 1 aromatic rings. The van der Waals surface area contributed by atoms with Gasteiger partial charge in [0.05, 0.1) is 0 Å². The van der Waals surface area contributed by atoms with Gasteiger partial charge in [0.15, 0.2) is 5.82 Å². The molecule has 64 valence electrons. The quantitative estimate of drug-likeness (QED) is 0.597. The Labute approximate surface area is 71.5 Å². The maximum Gasteiger partial charge on any atom is 0.230 e. The van der Waals surface area contributed by atoms with Crippen LogP contribution in [0, 0.1) is 6.92 Å². The highest BCUT2D eigenvalue weighted by atomic mass is 16.5. The Balaban J connectivity index is 2.14. The van der Waals surface area contributed by atoms with Gasteiger partial charge >= 0.3 is 0 Å². The lowest BCUT2D eigenvalue weighted by Gasteiger charge is -2.12. The normalized spacial score (nSPS) is 22.9. The van der Waals surface area contributed by atoms with Gasteiger partial charge in [-0.05, 0) is 26.2 Å². The van der Waals surface area contributed by atoms with E-state index in [2.05, 4.69) is 22.3 Å². The van der Waals surface area contributed by atoms with Crippen LogP contribution in [0.15, 0.2) is 16.7 Å². The Morgan fingerprint density at radius 2 is 2.42 bits per heavy atom. The van der Waals surface area contributed by atoms with E-state index in [-0.39, 0.29) is 0 Å². The molecule has 0 N–H and O–H groups in total. The highest BCUT2D eigenvalue weighted by Crippen LogP contribution is 2.27. The first-order valence-corrected chi connectivity index (χ1v) is 4.31. The molecule has 0 saturated carbocycles. The minimum Gasteiger partial charge on any atom is -0.339 e. The van der Waals surface area contributed by atoms with Gasteiger partial charge in [0, 0.05) is 5.92 Å². The summed E-state index contributed by atoms with van der Waals surface area (Å²) in [6, 6.07) is 0. The largest absolute Gasteiger partial charge is 0.339 e. The zero-order valence-corrected chi connectivity index (χ0v) is 7.16. The van der Waals surface area contributed by atoms with E-state index in [9.17, 15) is 0 Å². The second-order valence-electron chi connectivity index (χ2n) is 3.16. The van der Waals surface area contributed by atoms with E-state index in [1.54, 1.807) is 0 Å². The molecule has 0 aliphatic heterocycles. The molecule has 1 aromatic heterocycles. The van der Waals surface area contributed by atoms with Crippen LogP contribution in [0.1, 0.15) is 36.9 Å². The Hall–Kier alpha value is -1.12. The van der Waals surface area contributed by atoms with E-state index < -0.39 is 0 Å². The Bertz CT molecular complexity index is 290. The molecule has 1 atom stereocenters. The maximum atomic E-state index is 5.11. The summed E-state index contributed by atoms with van der Waals surface area (Å²) in [5.74, 6) is 1.99. The van der Waals surface area contributed by atoms with Gasteiger partial charge in [-0.15, -0.1) is 0 Å². The van der Waals surface area contributed by atoms with E-state index in [1.165, 1.54) is 0 Å². The molecule has 2 rings (SSSR count). The van der Waals surface area contributed by atoms with Crippen molar-refractivity contribution < 1.29 is 4.52 Å². The van der Waals surface area contributed by atoms with E-state index in [1.807, 2.05) is 6.92 Å². The predicted octanol–water partition coefficient (Wildman–Crippen LogP) is 2.20. The number of aryl methyl sites for hydroxylation is 1. The summed E-state index contributed by atoms with van der Waals surface area (Å²) in [6.45, 7) is 1.85. The van der Waals surface area contributed by atoms with Gasteiger partial charge in [-0.2, -0.15) is 4.98 Å². The first-order chi connectivity index (χ1) is 5.86. The molecule has 0 radical (unpaired) electrons. The molecule has 0 spiro atoms. The molecular weight excluding hydrogens is 152 g/mol. The fourth-order valence-electron chi connectivity index (χ4n) is 1.50. The van der Waals surface area contributed by atoms with E-state index in [0.29, 0.717) is 5.92 Å². The standard InChI is InChI=1S/C9H12N2O/c1-7-10-9(12-11-7)8-5-3-2-4-6-8/h2-3,8H,4-6H2,1H3. The molecule has 0 fully saturated rings. The van der Waals surface area contributed by atoms with Crippen molar-refractivity contribution in [3.05, 3.63) is 23.9 Å². The van der Waals surface area contributed by atoms with Crippen LogP contribution in [0.5, 0.6) is 0 Å². The molecule has 1 unspecified atom stereocenters. The lowest BCUT2D eigenvalue weighted by atomic mass is 9.94. The van der Waals surface area contributed by atoms with Crippen LogP contribution >= 0.6 is 0 Å². The third kappa shape index (κ3) is 1.40. The van der Waals surface area contributed by atoms with Gasteiger partial charge in [-0.3, -0.25) is 0 Å². The van der Waals surface area contributed by atoms with Gasteiger partial charge in [0.2, 0.25) is 5.89 Å². The molecular formula is C9H12N2O. The van der Waals surface area contributed by atoms with Gasteiger partial charge < -0.3 is 4.52 Å². The van der Waals surface area contributed by atoms with Gasteiger partial charge in [0.25, 0.3) is 0 Å². The summed E-state index contributed by atoms with van der Waals surface area (Å²) in [5.41, 5.74) is 0. The van der Waals surface area contributed by atoms with E-state index in [0.717, 1.165) is 31.0 Å². The fourth-order valence-corrected chi connectivity index (χ4v) is 1.50. The Morgan fingerprint density at radius 1 is 1.50 bits per heavy atom. The van der Waals surface area contributed by atoms with Crippen molar-refractivity contribution in [1.29, 1.82) is 0 Å². The molecule has 0 amide bonds. The van der Waals surface area contributed by atoms with Crippen LogP contribution in [-0.4, -0.2) is 10.1 Å². The zero-order chi connectivity index (χ0) is 8.39. The van der Waals surface area contributed by atoms with Crippen molar-refractivity contribution in [3.8, 4) is 0 Å². The second-order valence-corrected chi connectivity index (χ2v) is 3.16. The molecule has 1 aliphatic carbocycles. The van der Waals surface area contributed by atoms with E-state index >= 15 is 0 Å². The smallest absolute Gasteiger partial charge is 0.230 e. The SMILES string of the molecule is Cc1noc(C2CC=CCC2)n1. The Morgan fingerprint density at radius 3 is 3.00 bits per heavy atom. The molecule has 0 bridgehead atoms. The lowest BCUT2D eigenvalue weighted by molar-refractivity contribution is 0.342. The summed E-state index contributed by atoms with van der Waals surface area (Å²) in [4.78, 5) is 4.22. The van der Waals surface area contributed by atoms with Crippen molar-refractivity contribution in [2.24, 2.45) is 0 Å². The first kappa shape index (κ1) is 7.53. The molecule has 1 aliphatic rings. The molecule has 3 heteroatoms. The average Bonchev–Trinajstić information content (AvgIpc) is 2.54. The highest BCUT2D eigenvalue weighted by molar-refractivity contribution is 5.02.